The summed E-state index contributed by atoms with van der Waals surface area (Å²) < 4.78 is 0. The van der Waals surface area contributed by atoms with E-state index in [1.54, 1.807) is 12.3 Å². The predicted molar refractivity (Wildman–Crippen MR) is 98.7 cm³/mol. The molecule has 3 rings (SSSR count). The van der Waals surface area contributed by atoms with Gasteiger partial charge in [-0.05, 0) is 62.1 Å². The summed E-state index contributed by atoms with van der Waals surface area (Å²) in [7, 11) is 0. The third-order valence-electron chi connectivity index (χ3n) is 4.21. The first-order chi connectivity index (χ1) is 12.1. The van der Waals surface area contributed by atoms with Crippen molar-refractivity contribution in [2.24, 2.45) is 0 Å². The van der Waals surface area contributed by atoms with Crippen LogP contribution in [0, 0.1) is 6.92 Å². The van der Waals surface area contributed by atoms with Crippen molar-refractivity contribution in [3.63, 3.8) is 0 Å². The predicted octanol–water partition coefficient (Wildman–Crippen LogP) is 2.96. The van der Waals surface area contributed by atoms with Crippen LogP contribution in [0.25, 0.3) is 0 Å². The highest BCUT2D eigenvalue weighted by atomic mass is 16.2. The second-order valence-corrected chi connectivity index (χ2v) is 6.22. The summed E-state index contributed by atoms with van der Waals surface area (Å²) in [6.07, 6.45) is 5.35. The zero-order valence-corrected chi connectivity index (χ0v) is 14.3. The Hall–Kier alpha value is -2.89. The van der Waals surface area contributed by atoms with Gasteiger partial charge in [0.15, 0.2) is 0 Å². The van der Waals surface area contributed by atoms with Crippen LogP contribution in [0.4, 0.5) is 17.2 Å². The van der Waals surface area contributed by atoms with Crippen LogP contribution >= 0.6 is 0 Å². The van der Waals surface area contributed by atoms with Gasteiger partial charge in [-0.15, -0.1) is 0 Å². The van der Waals surface area contributed by atoms with E-state index in [-0.39, 0.29) is 0 Å². The van der Waals surface area contributed by atoms with Gasteiger partial charge in [0, 0.05) is 30.7 Å². The Balaban J connectivity index is 1.56. The number of carbonyl (C=O) groups is 2. The van der Waals surface area contributed by atoms with Crippen molar-refractivity contribution in [1.82, 2.24) is 4.98 Å². The molecule has 0 spiro atoms. The standard InChI is InChI=1S/C19H22N4O2/c1-14-5-10-17(20-13-14)22-19(25)18(24)21-15-6-8-16(9-7-15)23-11-3-2-4-12-23/h5-10,13H,2-4,11-12H2,1H3,(H,21,24)(H,20,22,25). The molecule has 6 nitrogen and oxygen atoms in total. The highest BCUT2D eigenvalue weighted by Crippen LogP contribution is 2.21. The second kappa shape index (κ2) is 7.79. The molecular formula is C19H22N4O2. The number of nitrogens with one attached hydrogen (secondary N) is 2. The quantitative estimate of drug-likeness (QED) is 0.844. The first-order valence-electron chi connectivity index (χ1n) is 8.52. The summed E-state index contributed by atoms with van der Waals surface area (Å²) in [5.74, 6) is -1.10. The summed E-state index contributed by atoms with van der Waals surface area (Å²) in [6.45, 7) is 4.04. The van der Waals surface area contributed by atoms with E-state index in [1.807, 2.05) is 37.3 Å². The molecule has 2 amide bonds. The van der Waals surface area contributed by atoms with Crippen LogP contribution in [0.5, 0.6) is 0 Å². The maximum atomic E-state index is 12.0. The normalized spacial score (nSPS) is 14.0. The minimum Gasteiger partial charge on any atom is -0.372 e. The van der Waals surface area contributed by atoms with Crippen LogP contribution in [0.2, 0.25) is 0 Å². The van der Waals surface area contributed by atoms with Gasteiger partial charge in [-0.2, -0.15) is 0 Å². The lowest BCUT2D eigenvalue weighted by Crippen LogP contribution is -2.30. The molecule has 0 aliphatic carbocycles. The molecule has 2 aromatic rings. The Morgan fingerprint density at radius 2 is 1.60 bits per heavy atom. The molecule has 25 heavy (non-hydrogen) atoms. The van der Waals surface area contributed by atoms with Gasteiger partial charge in [0.2, 0.25) is 0 Å². The number of amides is 2. The maximum Gasteiger partial charge on any atom is 0.315 e. The smallest absolute Gasteiger partial charge is 0.315 e. The van der Waals surface area contributed by atoms with E-state index in [4.69, 9.17) is 0 Å². The zero-order valence-electron chi connectivity index (χ0n) is 14.3. The molecule has 2 N–H and O–H groups in total. The van der Waals surface area contributed by atoms with Gasteiger partial charge in [0.1, 0.15) is 5.82 Å². The number of aromatic nitrogens is 1. The van der Waals surface area contributed by atoms with Gasteiger partial charge in [0.05, 0.1) is 0 Å². The van der Waals surface area contributed by atoms with Crippen molar-refractivity contribution >= 4 is 29.0 Å². The van der Waals surface area contributed by atoms with Gasteiger partial charge in [0.25, 0.3) is 0 Å². The average Bonchev–Trinajstić information content (AvgIpc) is 2.65. The fourth-order valence-electron chi connectivity index (χ4n) is 2.81. The van der Waals surface area contributed by atoms with Gasteiger partial charge in [-0.3, -0.25) is 9.59 Å². The molecule has 1 aliphatic rings. The molecule has 2 heterocycles. The second-order valence-electron chi connectivity index (χ2n) is 6.22. The molecule has 1 saturated heterocycles. The van der Waals surface area contributed by atoms with E-state index < -0.39 is 11.8 Å². The Morgan fingerprint density at radius 3 is 2.24 bits per heavy atom. The molecule has 0 saturated carbocycles. The first kappa shape index (κ1) is 17.0. The number of aryl methyl sites for hydroxylation is 1. The van der Waals surface area contributed by atoms with E-state index in [2.05, 4.69) is 20.5 Å². The van der Waals surface area contributed by atoms with Gasteiger partial charge < -0.3 is 15.5 Å². The van der Waals surface area contributed by atoms with E-state index in [9.17, 15) is 9.59 Å². The molecule has 0 atom stereocenters. The van der Waals surface area contributed by atoms with Gasteiger partial charge in [-0.1, -0.05) is 6.07 Å². The number of hydrogen-bond donors (Lipinski definition) is 2. The number of benzene rings is 1. The lowest BCUT2D eigenvalue weighted by Gasteiger charge is -2.28. The molecule has 1 aromatic heterocycles. The Kier molecular flexibility index (Phi) is 5.28. The lowest BCUT2D eigenvalue weighted by molar-refractivity contribution is -0.133. The van der Waals surface area contributed by atoms with Crippen molar-refractivity contribution in [2.45, 2.75) is 26.2 Å². The van der Waals surface area contributed by atoms with Gasteiger partial charge >= 0.3 is 11.8 Å². The molecule has 130 valence electrons. The Morgan fingerprint density at radius 1 is 0.920 bits per heavy atom. The van der Waals surface area contributed by atoms with E-state index in [0.29, 0.717) is 11.5 Å². The number of pyridine rings is 1. The third kappa shape index (κ3) is 4.56. The fourth-order valence-corrected chi connectivity index (χ4v) is 2.81. The van der Waals surface area contributed by atoms with E-state index in [1.165, 1.54) is 19.3 Å². The minimum absolute atomic E-state index is 0.353. The van der Waals surface area contributed by atoms with Crippen LogP contribution in [0.1, 0.15) is 24.8 Å². The van der Waals surface area contributed by atoms with Crippen molar-refractivity contribution in [1.29, 1.82) is 0 Å². The molecule has 1 fully saturated rings. The van der Waals surface area contributed by atoms with Gasteiger partial charge in [-0.25, -0.2) is 4.98 Å². The monoisotopic (exact) mass is 338 g/mol. The third-order valence-corrected chi connectivity index (χ3v) is 4.21. The number of nitrogens with zero attached hydrogens (tertiary/aromatic N) is 2. The molecule has 1 aromatic carbocycles. The topological polar surface area (TPSA) is 74.3 Å². The van der Waals surface area contributed by atoms with Crippen LogP contribution in [-0.2, 0) is 9.59 Å². The van der Waals surface area contributed by atoms with Crippen molar-refractivity contribution in [3.05, 3.63) is 48.2 Å². The number of hydrogen-bond acceptors (Lipinski definition) is 4. The van der Waals surface area contributed by atoms with E-state index in [0.717, 1.165) is 24.3 Å². The maximum absolute atomic E-state index is 12.0. The molecule has 6 heteroatoms. The molecule has 0 radical (unpaired) electrons. The number of carbonyl (C=O) groups excluding carboxylic acids is 2. The Bertz CT molecular complexity index is 735. The summed E-state index contributed by atoms with van der Waals surface area (Å²) in [5.41, 5.74) is 2.72. The molecule has 0 bridgehead atoms. The summed E-state index contributed by atoms with van der Waals surface area (Å²) in [4.78, 5) is 30.3. The number of anilines is 3. The Labute approximate surface area is 147 Å². The zero-order chi connectivity index (χ0) is 17.6. The van der Waals surface area contributed by atoms with Crippen LogP contribution in [-0.4, -0.2) is 29.9 Å². The SMILES string of the molecule is Cc1ccc(NC(=O)C(=O)Nc2ccc(N3CCCCC3)cc2)nc1. The fraction of sp³-hybridized carbons (Fsp3) is 0.316. The van der Waals surface area contributed by atoms with E-state index >= 15 is 0 Å². The lowest BCUT2D eigenvalue weighted by atomic mass is 10.1. The minimum atomic E-state index is -0.739. The average molecular weight is 338 g/mol. The summed E-state index contributed by atoms with van der Waals surface area (Å²) in [6, 6.07) is 11.1. The van der Waals surface area contributed by atoms with Crippen LogP contribution in [0.3, 0.4) is 0 Å². The highest BCUT2D eigenvalue weighted by Gasteiger charge is 2.15. The highest BCUT2D eigenvalue weighted by molar-refractivity contribution is 6.43. The van der Waals surface area contributed by atoms with Crippen molar-refractivity contribution in [2.75, 3.05) is 28.6 Å². The van der Waals surface area contributed by atoms with Crippen molar-refractivity contribution < 1.29 is 9.59 Å². The van der Waals surface area contributed by atoms with Crippen LogP contribution in [0.15, 0.2) is 42.6 Å². The molecule has 0 unspecified atom stereocenters. The van der Waals surface area contributed by atoms with Crippen molar-refractivity contribution in [3.8, 4) is 0 Å². The first-order valence-corrected chi connectivity index (χ1v) is 8.52. The largest absolute Gasteiger partial charge is 0.372 e. The number of rotatable bonds is 3. The van der Waals surface area contributed by atoms with Crippen LogP contribution < -0.4 is 15.5 Å². The summed E-state index contributed by atoms with van der Waals surface area (Å²) >= 11 is 0. The molecule has 1 aliphatic heterocycles. The summed E-state index contributed by atoms with van der Waals surface area (Å²) in [5, 5.41) is 5.09. The number of piperidine rings is 1. The molecular weight excluding hydrogens is 316 g/mol.